The van der Waals surface area contributed by atoms with Crippen molar-refractivity contribution in [2.75, 3.05) is 39.4 Å². The van der Waals surface area contributed by atoms with Gasteiger partial charge in [-0.3, -0.25) is 4.90 Å². The molecule has 2 heterocycles. The Hall–Kier alpha value is -0.160. The normalized spacial score (nSPS) is 29.4. The lowest BCUT2D eigenvalue weighted by molar-refractivity contribution is 0.0252. The van der Waals surface area contributed by atoms with E-state index in [1.165, 1.54) is 12.8 Å². The van der Waals surface area contributed by atoms with Crippen LogP contribution in [0.5, 0.6) is 0 Å². The monoisotopic (exact) mass is 214 g/mol. The smallest absolute Gasteiger partial charge is 0.0609 e. The van der Waals surface area contributed by atoms with E-state index in [0.29, 0.717) is 0 Å². The molecule has 0 bridgehead atoms. The Morgan fingerprint density at radius 2 is 1.93 bits per heavy atom. The second-order valence-electron chi connectivity index (χ2n) is 4.83. The number of nitrogens with zero attached hydrogens (tertiary/aromatic N) is 1. The van der Waals surface area contributed by atoms with Crippen molar-refractivity contribution in [3.63, 3.8) is 0 Å². The molecule has 2 fully saturated rings. The minimum Gasteiger partial charge on any atom is -0.395 e. The SMILES string of the molecule is OCC(CO)N1CCC[C@H](C2CNC2)C1. The van der Waals surface area contributed by atoms with Crippen molar-refractivity contribution in [3.05, 3.63) is 0 Å². The molecule has 1 atom stereocenters. The Bertz CT molecular complexity index is 193. The first kappa shape index (κ1) is 11.3. The molecule has 0 spiro atoms. The fourth-order valence-corrected chi connectivity index (χ4v) is 2.69. The van der Waals surface area contributed by atoms with Crippen molar-refractivity contribution >= 4 is 0 Å². The summed E-state index contributed by atoms with van der Waals surface area (Å²) in [6.07, 6.45) is 2.52. The molecule has 15 heavy (non-hydrogen) atoms. The summed E-state index contributed by atoms with van der Waals surface area (Å²) in [5.74, 6) is 1.59. The van der Waals surface area contributed by atoms with Crippen LogP contribution in [0.25, 0.3) is 0 Å². The maximum Gasteiger partial charge on any atom is 0.0609 e. The van der Waals surface area contributed by atoms with E-state index in [0.717, 1.165) is 38.0 Å². The van der Waals surface area contributed by atoms with Gasteiger partial charge >= 0.3 is 0 Å². The molecule has 2 rings (SSSR count). The summed E-state index contributed by atoms with van der Waals surface area (Å²) < 4.78 is 0. The van der Waals surface area contributed by atoms with Gasteiger partial charge in [-0.1, -0.05) is 0 Å². The van der Waals surface area contributed by atoms with E-state index in [1.54, 1.807) is 0 Å². The van der Waals surface area contributed by atoms with Crippen molar-refractivity contribution in [3.8, 4) is 0 Å². The fraction of sp³-hybridized carbons (Fsp3) is 1.00. The summed E-state index contributed by atoms with van der Waals surface area (Å²) in [4.78, 5) is 2.26. The van der Waals surface area contributed by atoms with Crippen LogP contribution in [-0.4, -0.2) is 60.5 Å². The van der Waals surface area contributed by atoms with Gasteiger partial charge in [-0.05, 0) is 44.3 Å². The summed E-state index contributed by atoms with van der Waals surface area (Å²) >= 11 is 0. The minimum atomic E-state index is -0.0409. The molecule has 0 aromatic rings. The lowest BCUT2D eigenvalue weighted by Gasteiger charge is -2.43. The number of rotatable bonds is 4. The van der Waals surface area contributed by atoms with Gasteiger partial charge in [0.15, 0.2) is 0 Å². The van der Waals surface area contributed by atoms with Gasteiger partial charge in [-0.2, -0.15) is 0 Å². The second kappa shape index (κ2) is 5.25. The molecule has 0 aromatic carbocycles. The molecule has 0 amide bonds. The summed E-state index contributed by atoms with van der Waals surface area (Å²) in [5.41, 5.74) is 0. The third kappa shape index (κ3) is 2.50. The number of hydrogen-bond donors (Lipinski definition) is 3. The lowest BCUT2D eigenvalue weighted by atomic mass is 9.81. The molecular formula is C11H22N2O2. The number of nitrogens with one attached hydrogen (secondary N) is 1. The van der Waals surface area contributed by atoms with Crippen LogP contribution in [0.4, 0.5) is 0 Å². The van der Waals surface area contributed by atoms with E-state index in [-0.39, 0.29) is 19.3 Å². The van der Waals surface area contributed by atoms with Gasteiger partial charge in [0.25, 0.3) is 0 Å². The van der Waals surface area contributed by atoms with E-state index >= 15 is 0 Å². The van der Waals surface area contributed by atoms with E-state index in [4.69, 9.17) is 10.2 Å². The highest BCUT2D eigenvalue weighted by atomic mass is 16.3. The Morgan fingerprint density at radius 1 is 1.20 bits per heavy atom. The number of aliphatic hydroxyl groups excluding tert-OH is 2. The lowest BCUT2D eigenvalue weighted by Crippen LogP contribution is -2.53. The molecule has 0 aliphatic carbocycles. The van der Waals surface area contributed by atoms with E-state index < -0.39 is 0 Å². The largest absolute Gasteiger partial charge is 0.395 e. The van der Waals surface area contributed by atoms with E-state index in [1.807, 2.05) is 0 Å². The van der Waals surface area contributed by atoms with Crippen LogP contribution >= 0.6 is 0 Å². The molecule has 2 aliphatic rings. The first-order valence-corrected chi connectivity index (χ1v) is 6.01. The van der Waals surface area contributed by atoms with Gasteiger partial charge in [0.2, 0.25) is 0 Å². The van der Waals surface area contributed by atoms with Crippen LogP contribution in [0.3, 0.4) is 0 Å². The van der Waals surface area contributed by atoms with Crippen LogP contribution in [0, 0.1) is 11.8 Å². The number of hydrogen-bond acceptors (Lipinski definition) is 4. The zero-order valence-corrected chi connectivity index (χ0v) is 9.23. The summed E-state index contributed by atoms with van der Waals surface area (Å²) in [6, 6.07) is -0.0409. The highest BCUT2D eigenvalue weighted by Crippen LogP contribution is 2.27. The predicted molar refractivity (Wildman–Crippen MR) is 58.6 cm³/mol. The van der Waals surface area contributed by atoms with Gasteiger partial charge in [0, 0.05) is 6.54 Å². The van der Waals surface area contributed by atoms with Gasteiger partial charge in [0.1, 0.15) is 0 Å². The molecule has 4 nitrogen and oxygen atoms in total. The third-order valence-electron chi connectivity index (χ3n) is 3.91. The van der Waals surface area contributed by atoms with Crippen molar-refractivity contribution in [1.82, 2.24) is 10.2 Å². The van der Waals surface area contributed by atoms with Gasteiger partial charge in [0.05, 0.1) is 19.3 Å². The van der Waals surface area contributed by atoms with Crippen molar-refractivity contribution in [2.45, 2.75) is 18.9 Å². The number of likely N-dealkylation sites (tertiary alicyclic amines) is 1. The maximum atomic E-state index is 9.16. The maximum absolute atomic E-state index is 9.16. The summed E-state index contributed by atoms with van der Waals surface area (Å²) in [5, 5.41) is 21.6. The zero-order valence-electron chi connectivity index (χ0n) is 9.23. The third-order valence-corrected chi connectivity index (χ3v) is 3.91. The van der Waals surface area contributed by atoms with Crippen LogP contribution in [-0.2, 0) is 0 Å². The molecule has 88 valence electrons. The summed E-state index contributed by atoms with van der Waals surface area (Å²) in [6.45, 7) is 4.54. The Morgan fingerprint density at radius 3 is 2.47 bits per heavy atom. The molecule has 2 aliphatic heterocycles. The van der Waals surface area contributed by atoms with Crippen molar-refractivity contribution < 1.29 is 10.2 Å². The van der Waals surface area contributed by atoms with Gasteiger partial charge < -0.3 is 15.5 Å². The second-order valence-corrected chi connectivity index (χ2v) is 4.83. The minimum absolute atomic E-state index is 0.0409. The first-order valence-electron chi connectivity index (χ1n) is 6.01. The number of aliphatic hydroxyl groups is 2. The molecule has 4 heteroatoms. The van der Waals surface area contributed by atoms with Crippen molar-refractivity contribution in [1.29, 1.82) is 0 Å². The Labute approximate surface area is 91.3 Å². The topological polar surface area (TPSA) is 55.7 Å². The van der Waals surface area contributed by atoms with Gasteiger partial charge in [-0.15, -0.1) is 0 Å². The predicted octanol–water partition coefficient (Wildman–Crippen LogP) is -0.729. The van der Waals surface area contributed by atoms with Crippen LogP contribution in [0.1, 0.15) is 12.8 Å². The molecule has 0 radical (unpaired) electrons. The van der Waals surface area contributed by atoms with Crippen LogP contribution < -0.4 is 5.32 Å². The molecule has 0 unspecified atom stereocenters. The highest BCUT2D eigenvalue weighted by Gasteiger charge is 2.32. The molecule has 0 aromatic heterocycles. The highest BCUT2D eigenvalue weighted by molar-refractivity contribution is 4.87. The average molecular weight is 214 g/mol. The average Bonchev–Trinajstić information content (AvgIpc) is 2.18. The van der Waals surface area contributed by atoms with Crippen LogP contribution in [0.15, 0.2) is 0 Å². The number of piperidine rings is 1. The first-order chi connectivity index (χ1) is 7.35. The molecule has 3 N–H and O–H groups in total. The Balaban J connectivity index is 1.85. The van der Waals surface area contributed by atoms with E-state index in [9.17, 15) is 0 Å². The zero-order chi connectivity index (χ0) is 10.7. The molecule has 2 saturated heterocycles. The molecular weight excluding hydrogens is 192 g/mol. The van der Waals surface area contributed by atoms with Crippen LogP contribution in [0.2, 0.25) is 0 Å². The van der Waals surface area contributed by atoms with Crippen molar-refractivity contribution in [2.24, 2.45) is 11.8 Å². The van der Waals surface area contributed by atoms with E-state index in [2.05, 4.69) is 10.2 Å². The standard InChI is InChI=1S/C11H22N2O2/c14-7-11(8-15)13-3-1-2-9(6-13)10-4-12-5-10/h9-12,14-15H,1-8H2/t9-/m0/s1. The molecule has 0 saturated carbocycles. The summed E-state index contributed by atoms with van der Waals surface area (Å²) in [7, 11) is 0. The van der Waals surface area contributed by atoms with Gasteiger partial charge in [-0.25, -0.2) is 0 Å². The quantitative estimate of drug-likeness (QED) is 0.577. The fourth-order valence-electron chi connectivity index (χ4n) is 2.69. The Kier molecular flexibility index (Phi) is 3.97.